The fraction of sp³-hybridized carbons (Fsp3) is 0.908. The van der Waals surface area contributed by atoms with Crippen LogP contribution in [-0.2, 0) is 14.3 Å². The van der Waals surface area contributed by atoms with Gasteiger partial charge >= 0.3 is 0 Å². The molecule has 1 rings (SSSR count). The summed E-state index contributed by atoms with van der Waals surface area (Å²) in [6, 6.07) is -0.718. The van der Waals surface area contributed by atoms with E-state index in [1.165, 1.54) is 308 Å². The maximum Gasteiger partial charge on any atom is 0.220 e. The Morgan fingerprint density at radius 3 is 1.02 bits per heavy atom. The monoisotopic (exact) mass is 1200 g/mol. The number of nitrogens with one attached hydrogen (secondary N) is 1. The fourth-order valence-electron chi connectivity index (χ4n) is 12.4. The molecule has 0 saturated carbocycles. The molecule has 0 aromatic carbocycles. The Morgan fingerprint density at radius 1 is 0.400 bits per heavy atom. The molecule has 0 spiro atoms. The van der Waals surface area contributed by atoms with Gasteiger partial charge in [-0.3, -0.25) is 4.79 Å². The Balaban J connectivity index is 2.02. The number of allylic oxidation sites excluding steroid dienone is 6. The van der Waals surface area contributed by atoms with Crippen LogP contribution in [0.4, 0.5) is 0 Å². The van der Waals surface area contributed by atoms with Crippen LogP contribution in [0.2, 0.25) is 0 Å². The summed E-state index contributed by atoms with van der Waals surface area (Å²) in [5, 5.41) is 55.0. The number of aliphatic hydroxyl groups excluding tert-OH is 5. The summed E-state index contributed by atoms with van der Waals surface area (Å²) in [5.74, 6) is -0.135. The van der Waals surface area contributed by atoms with E-state index in [2.05, 4.69) is 55.6 Å². The summed E-state index contributed by atoms with van der Waals surface area (Å²) < 4.78 is 11.4. The standard InChI is InChI=1S/C76H145NO8/c1-3-5-7-9-11-13-15-17-19-21-23-25-26-27-28-29-30-31-32-33-34-35-36-37-38-39-40-41-42-43-44-46-48-50-52-54-56-58-60-62-64-66-72(80)77-69(68-84-76-75(83)74(82)73(81)71(67-78)85-76)70(79)65-63-61-59-57-55-53-51-49-47-45-24-22-20-18-16-14-12-10-8-6-4-2/h15,17,21,23,26-27,69-71,73-76,78-79,81-83H,3-14,16,18-20,22,24-25,28-68H2,1-2H3,(H,77,80)/b17-15-,23-21-,27-26-. The van der Waals surface area contributed by atoms with E-state index in [0.717, 1.165) is 51.4 Å². The SMILES string of the molecule is CCCCCCC/C=C\C/C=C\C/C=C\CCCCCCCCCCCCCCCCCCCCCCCCCCCCC(=O)NC(COC1OC(CO)C(O)C(O)C1O)C(O)CCCCCCCCCCCCCCCCCCCCCCC. The molecule has 0 aromatic heterocycles. The van der Waals surface area contributed by atoms with Crippen molar-refractivity contribution in [3.63, 3.8) is 0 Å². The number of unbranched alkanes of at least 4 members (excludes halogenated alkanes) is 51. The molecule has 7 unspecified atom stereocenters. The van der Waals surface area contributed by atoms with Crippen LogP contribution in [0.15, 0.2) is 36.5 Å². The Kier molecular flexibility index (Phi) is 62.6. The topological polar surface area (TPSA) is 149 Å². The molecule has 1 saturated heterocycles. The fourth-order valence-corrected chi connectivity index (χ4v) is 12.4. The summed E-state index contributed by atoms with van der Waals surface area (Å²) in [6.45, 7) is 3.88. The van der Waals surface area contributed by atoms with E-state index >= 15 is 0 Å². The van der Waals surface area contributed by atoms with Crippen LogP contribution >= 0.6 is 0 Å². The Morgan fingerprint density at radius 2 is 0.694 bits per heavy atom. The van der Waals surface area contributed by atoms with Gasteiger partial charge in [-0.05, 0) is 51.4 Å². The van der Waals surface area contributed by atoms with Crippen molar-refractivity contribution in [3.05, 3.63) is 36.5 Å². The first-order valence-electron chi connectivity index (χ1n) is 37.7. The van der Waals surface area contributed by atoms with E-state index in [-0.39, 0.29) is 12.5 Å². The maximum atomic E-state index is 13.2. The third-order valence-corrected chi connectivity index (χ3v) is 18.2. The summed E-state index contributed by atoms with van der Waals surface area (Å²) >= 11 is 0. The van der Waals surface area contributed by atoms with Crippen molar-refractivity contribution < 1.29 is 39.8 Å². The van der Waals surface area contributed by atoms with Crippen LogP contribution in [0.5, 0.6) is 0 Å². The largest absolute Gasteiger partial charge is 0.394 e. The van der Waals surface area contributed by atoms with Gasteiger partial charge in [0.15, 0.2) is 6.29 Å². The van der Waals surface area contributed by atoms with E-state index in [4.69, 9.17) is 9.47 Å². The van der Waals surface area contributed by atoms with Gasteiger partial charge in [0.2, 0.25) is 5.91 Å². The molecule has 6 N–H and O–H groups in total. The number of carbonyl (C=O) groups is 1. The molecule has 1 heterocycles. The summed E-state index contributed by atoms with van der Waals surface area (Å²) in [6.07, 6.45) is 81.0. The molecule has 0 aromatic rings. The lowest BCUT2D eigenvalue weighted by molar-refractivity contribution is -0.302. The minimum atomic E-state index is -1.55. The molecule has 0 aliphatic carbocycles. The number of amides is 1. The number of hydrogen-bond acceptors (Lipinski definition) is 8. The smallest absolute Gasteiger partial charge is 0.220 e. The molecule has 9 heteroatoms. The molecule has 1 aliphatic heterocycles. The molecular formula is C76H145NO8. The zero-order chi connectivity index (χ0) is 61.4. The van der Waals surface area contributed by atoms with Gasteiger partial charge in [-0.15, -0.1) is 0 Å². The molecule has 1 amide bonds. The van der Waals surface area contributed by atoms with Gasteiger partial charge in [-0.2, -0.15) is 0 Å². The lowest BCUT2D eigenvalue weighted by Gasteiger charge is -2.40. The van der Waals surface area contributed by atoms with Gasteiger partial charge in [0.1, 0.15) is 24.4 Å². The second-order valence-corrected chi connectivity index (χ2v) is 26.5. The minimum absolute atomic E-state index is 0.133. The van der Waals surface area contributed by atoms with Gasteiger partial charge in [0.05, 0.1) is 25.4 Å². The lowest BCUT2D eigenvalue weighted by atomic mass is 9.99. The average molecular weight is 1200 g/mol. The lowest BCUT2D eigenvalue weighted by Crippen LogP contribution is -2.60. The van der Waals surface area contributed by atoms with Gasteiger partial charge in [-0.25, -0.2) is 0 Å². The van der Waals surface area contributed by atoms with Crippen LogP contribution < -0.4 is 5.32 Å². The summed E-state index contributed by atoms with van der Waals surface area (Å²) in [4.78, 5) is 13.2. The zero-order valence-corrected chi connectivity index (χ0v) is 56.4. The minimum Gasteiger partial charge on any atom is -0.394 e. The van der Waals surface area contributed by atoms with Crippen LogP contribution in [-0.4, -0.2) is 87.5 Å². The second-order valence-electron chi connectivity index (χ2n) is 26.5. The highest BCUT2D eigenvalue weighted by atomic mass is 16.7. The Hall–Kier alpha value is -1.59. The predicted molar refractivity (Wildman–Crippen MR) is 364 cm³/mol. The number of rotatable bonds is 67. The second kappa shape index (κ2) is 65.4. The normalized spacial score (nSPS) is 18.2. The van der Waals surface area contributed by atoms with Crippen molar-refractivity contribution in [2.45, 2.75) is 429 Å². The third-order valence-electron chi connectivity index (χ3n) is 18.2. The molecule has 85 heavy (non-hydrogen) atoms. The quantitative estimate of drug-likeness (QED) is 0.0261. The molecule has 1 fully saturated rings. The Labute approximate surface area is 527 Å². The zero-order valence-electron chi connectivity index (χ0n) is 56.4. The van der Waals surface area contributed by atoms with Gasteiger partial charge in [-0.1, -0.05) is 365 Å². The molecule has 502 valence electrons. The van der Waals surface area contributed by atoms with E-state index in [1.54, 1.807) is 0 Å². The highest BCUT2D eigenvalue weighted by Gasteiger charge is 2.44. The first-order chi connectivity index (χ1) is 41.8. The van der Waals surface area contributed by atoms with Crippen molar-refractivity contribution in [2.75, 3.05) is 13.2 Å². The molecule has 0 bridgehead atoms. The number of hydrogen-bond donors (Lipinski definition) is 6. The van der Waals surface area contributed by atoms with E-state index in [0.29, 0.717) is 12.8 Å². The van der Waals surface area contributed by atoms with Crippen molar-refractivity contribution in [2.24, 2.45) is 0 Å². The van der Waals surface area contributed by atoms with Gasteiger partial charge in [0, 0.05) is 6.42 Å². The molecule has 9 nitrogen and oxygen atoms in total. The van der Waals surface area contributed by atoms with E-state index in [1.807, 2.05) is 0 Å². The first-order valence-corrected chi connectivity index (χ1v) is 37.7. The molecule has 0 radical (unpaired) electrons. The van der Waals surface area contributed by atoms with Crippen LogP contribution in [0, 0.1) is 0 Å². The van der Waals surface area contributed by atoms with Crippen LogP contribution in [0.1, 0.15) is 386 Å². The summed E-state index contributed by atoms with van der Waals surface area (Å²) in [7, 11) is 0. The van der Waals surface area contributed by atoms with Gasteiger partial charge in [0.25, 0.3) is 0 Å². The van der Waals surface area contributed by atoms with Crippen molar-refractivity contribution >= 4 is 5.91 Å². The van der Waals surface area contributed by atoms with Crippen molar-refractivity contribution in [1.29, 1.82) is 0 Å². The van der Waals surface area contributed by atoms with E-state index < -0.39 is 49.5 Å². The number of ether oxygens (including phenoxy) is 2. The highest BCUT2D eigenvalue weighted by molar-refractivity contribution is 5.76. The van der Waals surface area contributed by atoms with Gasteiger partial charge < -0.3 is 40.3 Å². The maximum absolute atomic E-state index is 13.2. The first kappa shape index (κ1) is 81.4. The van der Waals surface area contributed by atoms with E-state index in [9.17, 15) is 30.3 Å². The van der Waals surface area contributed by atoms with Crippen molar-refractivity contribution in [3.8, 4) is 0 Å². The van der Waals surface area contributed by atoms with Crippen LogP contribution in [0.3, 0.4) is 0 Å². The number of carbonyl (C=O) groups excluding carboxylic acids is 1. The molecular weight excluding hydrogens is 1050 g/mol. The predicted octanol–water partition coefficient (Wildman–Crippen LogP) is 21.0. The summed E-state index contributed by atoms with van der Waals surface area (Å²) in [5.41, 5.74) is 0. The average Bonchev–Trinajstić information content (AvgIpc) is 3.68. The molecule has 7 atom stereocenters. The Bertz CT molecular complexity index is 1440. The third kappa shape index (κ3) is 53.9. The van der Waals surface area contributed by atoms with Crippen LogP contribution in [0.25, 0.3) is 0 Å². The molecule has 1 aliphatic rings. The van der Waals surface area contributed by atoms with Crippen molar-refractivity contribution in [1.82, 2.24) is 5.32 Å². The number of aliphatic hydroxyl groups is 5. The highest BCUT2D eigenvalue weighted by Crippen LogP contribution is 2.24.